The van der Waals surface area contributed by atoms with E-state index in [0.717, 1.165) is 0 Å². The maximum atomic E-state index is 12.3. The Morgan fingerprint density at radius 1 is 1.47 bits per heavy atom. The summed E-state index contributed by atoms with van der Waals surface area (Å²) in [6, 6.07) is -0.580. The van der Waals surface area contributed by atoms with Crippen LogP contribution in [0.1, 0.15) is 17.8 Å². The van der Waals surface area contributed by atoms with Crippen molar-refractivity contribution in [2.24, 2.45) is 0 Å². The van der Waals surface area contributed by atoms with Crippen molar-refractivity contribution >= 4 is 22.5 Å². The Hall–Kier alpha value is -1.42. The van der Waals surface area contributed by atoms with Gasteiger partial charge in [0.2, 0.25) is 10.1 Å². The molecule has 106 valence electrons. The highest BCUT2D eigenvalue weighted by Crippen LogP contribution is 2.33. The molecule has 1 aliphatic heterocycles. The summed E-state index contributed by atoms with van der Waals surface area (Å²) in [6.07, 6.45) is -3.90. The van der Waals surface area contributed by atoms with Crippen molar-refractivity contribution in [3.8, 4) is 0 Å². The van der Waals surface area contributed by atoms with Gasteiger partial charge in [0.05, 0.1) is 6.10 Å². The number of piperidine rings is 1. The van der Waals surface area contributed by atoms with E-state index < -0.39 is 23.3 Å². The molecule has 2 amide bonds. The van der Waals surface area contributed by atoms with E-state index in [0.29, 0.717) is 19.4 Å². The first-order chi connectivity index (χ1) is 8.86. The third-order valence-corrected chi connectivity index (χ3v) is 3.45. The van der Waals surface area contributed by atoms with Gasteiger partial charge in [-0.25, -0.2) is 4.79 Å². The molecule has 19 heavy (non-hydrogen) atoms. The van der Waals surface area contributed by atoms with Gasteiger partial charge in [-0.2, -0.15) is 13.2 Å². The largest absolute Gasteiger partial charge is 0.445 e. The Balaban J connectivity index is 1.97. The van der Waals surface area contributed by atoms with Crippen LogP contribution in [0.4, 0.5) is 23.1 Å². The Morgan fingerprint density at radius 2 is 2.21 bits per heavy atom. The van der Waals surface area contributed by atoms with Crippen LogP contribution in [0.15, 0.2) is 0 Å². The van der Waals surface area contributed by atoms with Crippen molar-refractivity contribution in [1.82, 2.24) is 15.1 Å². The van der Waals surface area contributed by atoms with Gasteiger partial charge in [0.15, 0.2) is 0 Å². The summed E-state index contributed by atoms with van der Waals surface area (Å²) in [6.45, 7) is 0.616. The van der Waals surface area contributed by atoms with Crippen LogP contribution in [0.3, 0.4) is 0 Å². The zero-order chi connectivity index (χ0) is 14.0. The number of aliphatic hydroxyl groups excluding tert-OH is 1. The number of anilines is 1. The number of nitrogens with zero attached hydrogens (tertiary/aromatic N) is 3. The Bertz CT molecular complexity index is 465. The number of urea groups is 1. The maximum absolute atomic E-state index is 12.3. The molecule has 0 aliphatic carbocycles. The zero-order valence-electron chi connectivity index (χ0n) is 9.65. The first-order valence-electron chi connectivity index (χ1n) is 5.51. The SMILES string of the molecule is O=C(Nc1nnc(C(F)(F)F)s1)N1CCCC(O)C1. The molecule has 0 radical (unpaired) electrons. The molecule has 2 N–H and O–H groups in total. The summed E-state index contributed by atoms with van der Waals surface area (Å²) in [4.78, 5) is 13.1. The molecule has 1 unspecified atom stereocenters. The lowest BCUT2D eigenvalue weighted by Crippen LogP contribution is -2.44. The Morgan fingerprint density at radius 3 is 2.79 bits per heavy atom. The second kappa shape index (κ2) is 5.29. The number of aromatic nitrogens is 2. The van der Waals surface area contributed by atoms with Gasteiger partial charge >= 0.3 is 12.2 Å². The molecule has 0 saturated carbocycles. The van der Waals surface area contributed by atoms with Crippen LogP contribution < -0.4 is 5.32 Å². The normalized spacial score (nSPS) is 20.4. The molecule has 0 spiro atoms. The lowest BCUT2D eigenvalue weighted by Gasteiger charge is -2.29. The molecule has 2 heterocycles. The van der Waals surface area contributed by atoms with Gasteiger partial charge < -0.3 is 10.0 Å². The summed E-state index contributed by atoms with van der Waals surface area (Å²) in [5, 5.41) is 16.6. The number of carbonyl (C=O) groups excluding carboxylic acids is 1. The minimum Gasteiger partial charge on any atom is -0.391 e. The average Bonchev–Trinajstić information content (AvgIpc) is 2.77. The Kier molecular flexibility index (Phi) is 3.90. The van der Waals surface area contributed by atoms with E-state index in [4.69, 9.17) is 0 Å². The number of rotatable bonds is 1. The van der Waals surface area contributed by atoms with E-state index in [1.54, 1.807) is 0 Å². The third-order valence-electron chi connectivity index (χ3n) is 2.57. The number of nitrogens with one attached hydrogen (secondary N) is 1. The first-order valence-corrected chi connectivity index (χ1v) is 6.32. The highest BCUT2D eigenvalue weighted by molar-refractivity contribution is 7.15. The lowest BCUT2D eigenvalue weighted by molar-refractivity contribution is -0.138. The molecule has 1 atom stereocenters. The second-order valence-electron chi connectivity index (χ2n) is 4.08. The van der Waals surface area contributed by atoms with Crippen molar-refractivity contribution in [2.45, 2.75) is 25.1 Å². The quantitative estimate of drug-likeness (QED) is 0.824. The highest BCUT2D eigenvalue weighted by atomic mass is 32.1. The van der Waals surface area contributed by atoms with Gasteiger partial charge in [0.1, 0.15) is 0 Å². The van der Waals surface area contributed by atoms with Gasteiger partial charge in [-0.15, -0.1) is 10.2 Å². The zero-order valence-corrected chi connectivity index (χ0v) is 10.5. The fraction of sp³-hybridized carbons (Fsp3) is 0.667. The molecule has 1 fully saturated rings. The molecule has 1 aromatic heterocycles. The summed E-state index contributed by atoms with van der Waals surface area (Å²) in [5.41, 5.74) is 0. The standard InChI is InChI=1S/C9H11F3N4O2S/c10-9(11,12)6-14-15-7(19-6)13-8(18)16-3-1-2-5(17)4-16/h5,17H,1-4H2,(H,13,15,18). The molecule has 1 aromatic rings. The highest BCUT2D eigenvalue weighted by Gasteiger charge is 2.36. The van der Waals surface area contributed by atoms with Gasteiger partial charge in [-0.3, -0.25) is 5.32 Å². The molecule has 1 saturated heterocycles. The van der Waals surface area contributed by atoms with Crippen molar-refractivity contribution in [1.29, 1.82) is 0 Å². The van der Waals surface area contributed by atoms with Crippen LogP contribution in [-0.2, 0) is 6.18 Å². The number of aliphatic hydroxyl groups is 1. The van der Waals surface area contributed by atoms with Crippen LogP contribution >= 0.6 is 11.3 Å². The summed E-state index contributed by atoms with van der Waals surface area (Å²) >= 11 is 0.265. The van der Waals surface area contributed by atoms with E-state index in [1.165, 1.54) is 4.90 Å². The number of likely N-dealkylation sites (tertiary alicyclic amines) is 1. The molecule has 1 aliphatic rings. The number of amides is 2. The van der Waals surface area contributed by atoms with Crippen molar-refractivity contribution in [3.05, 3.63) is 5.01 Å². The van der Waals surface area contributed by atoms with Gasteiger partial charge in [-0.05, 0) is 12.8 Å². The van der Waals surface area contributed by atoms with Crippen LogP contribution in [0.2, 0.25) is 0 Å². The van der Waals surface area contributed by atoms with Crippen LogP contribution in [-0.4, -0.2) is 45.4 Å². The fourth-order valence-electron chi connectivity index (χ4n) is 1.70. The van der Waals surface area contributed by atoms with Crippen LogP contribution in [0.5, 0.6) is 0 Å². The summed E-state index contributed by atoms with van der Waals surface area (Å²) in [5.74, 6) is 0. The van der Waals surface area contributed by atoms with Crippen molar-refractivity contribution in [2.75, 3.05) is 18.4 Å². The number of carbonyl (C=O) groups is 1. The number of alkyl halides is 3. The van der Waals surface area contributed by atoms with E-state index in [2.05, 4.69) is 15.5 Å². The molecule has 2 rings (SSSR count). The molecule has 10 heteroatoms. The second-order valence-corrected chi connectivity index (χ2v) is 5.06. The van der Waals surface area contributed by atoms with E-state index in [1.807, 2.05) is 0 Å². The third kappa shape index (κ3) is 3.53. The number of hydrogen-bond acceptors (Lipinski definition) is 5. The van der Waals surface area contributed by atoms with Gasteiger partial charge in [0.25, 0.3) is 0 Å². The van der Waals surface area contributed by atoms with E-state index >= 15 is 0 Å². The van der Waals surface area contributed by atoms with Gasteiger partial charge in [-0.1, -0.05) is 11.3 Å². The Labute approximate surface area is 110 Å². The lowest BCUT2D eigenvalue weighted by atomic mass is 10.1. The number of hydrogen-bond donors (Lipinski definition) is 2. The predicted molar refractivity (Wildman–Crippen MR) is 60.7 cm³/mol. The fourth-order valence-corrected chi connectivity index (χ4v) is 2.30. The van der Waals surface area contributed by atoms with E-state index in [9.17, 15) is 23.1 Å². The topological polar surface area (TPSA) is 78.4 Å². The molecular formula is C9H11F3N4O2S. The van der Waals surface area contributed by atoms with Crippen LogP contribution in [0, 0.1) is 0 Å². The predicted octanol–water partition coefficient (Wildman–Crippen LogP) is 1.55. The smallest absolute Gasteiger partial charge is 0.391 e. The minimum absolute atomic E-state index is 0.163. The van der Waals surface area contributed by atoms with Crippen LogP contribution in [0.25, 0.3) is 0 Å². The molecule has 0 aromatic carbocycles. The molecular weight excluding hydrogens is 285 g/mol. The van der Waals surface area contributed by atoms with Gasteiger partial charge in [0, 0.05) is 13.1 Å². The molecule has 6 nitrogen and oxygen atoms in total. The monoisotopic (exact) mass is 296 g/mol. The number of β-amino-alcohol motifs (C(OH)–C–C–N with tert-alkyl or cyclic N) is 1. The minimum atomic E-state index is -4.57. The number of halogens is 3. The molecule has 0 bridgehead atoms. The van der Waals surface area contributed by atoms with E-state index in [-0.39, 0.29) is 23.0 Å². The van der Waals surface area contributed by atoms with Crippen molar-refractivity contribution < 1.29 is 23.1 Å². The summed E-state index contributed by atoms with van der Waals surface area (Å²) in [7, 11) is 0. The average molecular weight is 296 g/mol. The first kappa shape index (κ1) is 14.0. The van der Waals surface area contributed by atoms with Crippen molar-refractivity contribution in [3.63, 3.8) is 0 Å². The summed E-state index contributed by atoms with van der Waals surface area (Å²) < 4.78 is 36.9. The maximum Gasteiger partial charge on any atom is 0.445 e.